The van der Waals surface area contributed by atoms with E-state index in [9.17, 15) is 9.59 Å². The van der Waals surface area contributed by atoms with Crippen LogP contribution in [0.25, 0.3) is 10.9 Å². The first kappa shape index (κ1) is 17.7. The molecular formula is C21H21NO4. The van der Waals surface area contributed by atoms with Crippen molar-refractivity contribution in [3.63, 3.8) is 0 Å². The highest BCUT2D eigenvalue weighted by Crippen LogP contribution is 2.19. The molecule has 0 fully saturated rings. The predicted octanol–water partition coefficient (Wildman–Crippen LogP) is 3.92. The van der Waals surface area contributed by atoms with Crippen molar-refractivity contribution in [3.05, 3.63) is 65.9 Å². The van der Waals surface area contributed by atoms with Crippen LogP contribution in [0.5, 0.6) is 5.75 Å². The van der Waals surface area contributed by atoms with Gasteiger partial charge in [0.1, 0.15) is 5.75 Å². The number of hydrogen-bond acceptors (Lipinski definition) is 4. The number of Topliss-reactive ketones (excluding diaryl/α,β-unsaturated/α-hetero) is 1. The fourth-order valence-electron chi connectivity index (χ4n) is 2.84. The van der Waals surface area contributed by atoms with Crippen molar-refractivity contribution in [1.82, 2.24) is 4.98 Å². The number of carbonyl (C=O) groups excluding carboxylic acids is 2. The summed E-state index contributed by atoms with van der Waals surface area (Å²) in [6.45, 7) is 4.05. The Labute approximate surface area is 151 Å². The largest absolute Gasteiger partial charge is 0.494 e. The summed E-state index contributed by atoms with van der Waals surface area (Å²) in [6, 6.07) is 14.6. The number of rotatable bonds is 7. The summed E-state index contributed by atoms with van der Waals surface area (Å²) in [5.74, 6) is 0.0369. The highest BCUT2D eigenvalue weighted by Gasteiger charge is 2.20. The fraction of sp³-hybridized carbons (Fsp3) is 0.238. The molecule has 3 aromatic rings. The van der Waals surface area contributed by atoms with Gasteiger partial charge in [-0.3, -0.25) is 9.59 Å². The zero-order valence-corrected chi connectivity index (χ0v) is 14.8. The molecule has 26 heavy (non-hydrogen) atoms. The molecule has 0 aliphatic rings. The van der Waals surface area contributed by atoms with E-state index in [0.717, 1.165) is 16.5 Å². The second-order valence-electron chi connectivity index (χ2n) is 5.99. The molecule has 0 amide bonds. The van der Waals surface area contributed by atoms with Crippen molar-refractivity contribution in [2.24, 2.45) is 0 Å². The molecule has 5 nitrogen and oxygen atoms in total. The molecule has 3 rings (SSSR count). The molecule has 0 saturated carbocycles. The zero-order valence-electron chi connectivity index (χ0n) is 14.8. The summed E-state index contributed by atoms with van der Waals surface area (Å²) in [6.07, 6.45) is 1.07. The molecule has 134 valence electrons. The molecule has 1 N–H and O–H groups in total. The third kappa shape index (κ3) is 3.94. The third-order valence-corrected chi connectivity index (χ3v) is 4.14. The van der Waals surface area contributed by atoms with Gasteiger partial charge in [-0.25, -0.2) is 0 Å². The Hall–Kier alpha value is -3.08. The van der Waals surface area contributed by atoms with Crippen molar-refractivity contribution in [1.29, 1.82) is 0 Å². The minimum Gasteiger partial charge on any atom is -0.494 e. The van der Waals surface area contributed by atoms with Gasteiger partial charge in [-0.15, -0.1) is 0 Å². The number of nitrogens with one attached hydrogen (secondary N) is 1. The van der Waals surface area contributed by atoms with Gasteiger partial charge < -0.3 is 14.5 Å². The second kappa shape index (κ2) is 7.87. The maximum Gasteiger partial charge on any atom is 0.311 e. The Bertz CT molecular complexity index is 911. The Morgan fingerprint density at radius 1 is 1.08 bits per heavy atom. The first-order chi connectivity index (χ1) is 12.6. The lowest BCUT2D eigenvalue weighted by Gasteiger charge is -2.12. The summed E-state index contributed by atoms with van der Waals surface area (Å²) in [4.78, 5) is 27.8. The zero-order chi connectivity index (χ0) is 18.5. The van der Waals surface area contributed by atoms with Crippen molar-refractivity contribution >= 4 is 22.7 Å². The van der Waals surface area contributed by atoms with Gasteiger partial charge in [0.15, 0.2) is 6.10 Å². The van der Waals surface area contributed by atoms with Crippen LogP contribution in [0.1, 0.15) is 29.8 Å². The number of aromatic amines is 1. The number of fused-ring (bicyclic) bond motifs is 1. The molecule has 0 unspecified atom stereocenters. The third-order valence-electron chi connectivity index (χ3n) is 4.14. The summed E-state index contributed by atoms with van der Waals surface area (Å²) in [5.41, 5.74) is 2.31. The Kier molecular flexibility index (Phi) is 5.37. The number of hydrogen-bond donors (Lipinski definition) is 1. The Balaban J connectivity index is 1.62. The summed E-state index contributed by atoms with van der Waals surface area (Å²) in [5, 5.41) is 0.981. The van der Waals surface area contributed by atoms with E-state index in [4.69, 9.17) is 9.47 Å². The van der Waals surface area contributed by atoms with Gasteiger partial charge >= 0.3 is 5.97 Å². The van der Waals surface area contributed by atoms with Crippen molar-refractivity contribution in [2.75, 3.05) is 6.61 Å². The van der Waals surface area contributed by atoms with Crippen LogP contribution in [0.15, 0.2) is 54.7 Å². The molecule has 1 heterocycles. The Morgan fingerprint density at radius 2 is 1.81 bits per heavy atom. The van der Waals surface area contributed by atoms with Gasteiger partial charge in [-0.05, 0) is 49.7 Å². The van der Waals surface area contributed by atoms with Crippen LogP contribution >= 0.6 is 0 Å². The summed E-state index contributed by atoms with van der Waals surface area (Å²) >= 11 is 0. The van der Waals surface area contributed by atoms with Crippen LogP contribution in [-0.2, 0) is 16.0 Å². The average molecular weight is 351 g/mol. The van der Waals surface area contributed by atoms with E-state index >= 15 is 0 Å². The number of ether oxygens (including phenoxy) is 2. The van der Waals surface area contributed by atoms with E-state index in [2.05, 4.69) is 4.98 Å². The molecule has 0 aliphatic heterocycles. The number of esters is 1. The molecule has 5 heteroatoms. The molecule has 0 saturated heterocycles. The van der Waals surface area contributed by atoms with Gasteiger partial charge in [-0.1, -0.05) is 18.2 Å². The van der Waals surface area contributed by atoms with Gasteiger partial charge in [0.25, 0.3) is 0 Å². The van der Waals surface area contributed by atoms with E-state index in [0.29, 0.717) is 17.9 Å². The smallest absolute Gasteiger partial charge is 0.311 e. The fourth-order valence-corrected chi connectivity index (χ4v) is 2.84. The first-order valence-electron chi connectivity index (χ1n) is 8.60. The second-order valence-corrected chi connectivity index (χ2v) is 5.99. The Morgan fingerprint density at radius 3 is 2.54 bits per heavy atom. The summed E-state index contributed by atoms with van der Waals surface area (Å²) in [7, 11) is 0. The molecule has 1 atom stereocenters. The van der Waals surface area contributed by atoms with Crippen molar-refractivity contribution in [2.45, 2.75) is 26.4 Å². The number of benzene rings is 2. The van der Waals surface area contributed by atoms with E-state index < -0.39 is 12.1 Å². The molecule has 2 aromatic carbocycles. The van der Waals surface area contributed by atoms with Crippen LogP contribution in [0.4, 0.5) is 0 Å². The van der Waals surface area contributed by atoms with Crippen LogP contribution in [0.2, 0.25) is 0 Å². The van der Waals surface area contributed by atoms with E-state index in [1.807, 2.05) is 31.2 Å². The van der Waals surface area contributed by atoms with Gasteiger partial charge in [-0.2, -0.15) is 0 Å². The van der Waals surface area contributed by atoms with Crippen LogP contribution in [-0.4, -0.2) is 29.4 Å². The minimum absolute atomic E-state index is 0.116. The monoisotopic (exact) mass is 351 g/mol. The molecule has 0 spiro atoms. The maximum atomic E-state index is 12.4. The topological polar surface area (TPSA) is 68.4 Å². The molecule has 0 aliphatic carbocycles. The van der Waals surface area contributed by atoms with E-state index in [1.165, 1.54) is 0 Å². The molecule has 0 bridgehead atoms. The number of aromatic nitrogens is 1. The average Bonchev–Trinajstić information content (AvgIpc) is 3.05. The molecule has 0 radical (unpaired) electrons. The van der Waals surface area contributed by atoms with E-state index in [-0.39, 0.29) is 12.2 Å². The quantitative estimate of drug-likeness (QED) is 0.517. The van der Waals surface area contributed by atoms with Gasteiger partial charge in [0.05, 0.1) is 13.0 Å². The number of ketones is 1. The van der Waals surface area contributed by atoms with Gasteiger partial charge in [0, 0.05) is 22.7 Å². The van der Waals surface area contributed by atoms with Gasteiger partial charge in [0.2, 0.25) is 5.78 Å². The number of H-pyrrole nitrogens is 1. The van der Waals surface area contributed by atoms with Crippen LogP contribution in [0.3, 0.4) is 0 Å². The SMILES string of the molecule is CCOc1ccc(C(=O)[C@@H](C)OC(=O)Cc2c[nH]c3ccccc23)cc1. The minimum atomic E-state index is -0.842. The lowest BCUT2D eigenvalue weighted by atomic mass is 10.1. The molecular weight excluding hydrogens is 330 g/mol. The van der Waals surface area contributed by atoms with Crippen LogP contribution in [0, 0.1) is 0 Å². The summed E-state index contributed by atoms with van der Waals surface area (Å²) < 4.78 is 10.7. The highest BCUT2D eigenvalue weighted by molar-refractivity contribution is 6.00. The lowest BCUT2D eigenvalue weighted by Crippen LogP contribution is -2.25. The standard InChI is InChI=1S/C21H21NO4/c1-3-25-17-10-8-15(9-11-17)21(24)14(2)26-20(23)12-16-13-22-19-7-5-4-6-18(16)19/h4-11,13-14,22H,3,12H2,1-2H3/t14-/m1/s1. The predicted molar refractivity (Wildman–Crippen MR) is 99.5 cm³/mol. The number of para-hydroxylation sites is 1. The van der Waals surface area contributed by atoms with Crippen molar-refractivity contribution < 1.29 is 19.1 Å². The normalized spacial score (nSPS) is 11.9. The maximum absolute atomic E-state index is 12.4. The van der Waals surface area contributed by atoms with Crippen LogP contribution < -0.4 is 4.74 Å². The van der Waals surface area contributed by atoms with Crippen molar-refractivity contribution in [3.8, 4) is 5.75 Å². The van der Waals surface area contributed by atoms with E-state index in [1.54, 1.807) is 37.4 Å². The highest BCUT2D eigenvalue weighted by atomic mass is 16.5. The molecule has 1 aromatic heterocycles. The first-order valence-corrected chi connectivity index (χ1v) is 8.60. The lowest BCUT2D eigenvalue weighted by molar-refractivity contribution is -0.145. The number of carbonyl (C=O) groups is 2.